The number of carbonyl (C=O) groups is 3. The Bertz CT molecular complexity index is 4010. The van der Waals surface area contributed by atoms with Crippen LogP contribution in [0, 0.1) is 5.92 Å². The molecule has 15 heteroatoms. The van der Waals surface area contributed by atoms with Crippen LogP contribution in [0.3, 0.4) is 0 Å². The van der Waals surface area contributed by atoms with Crippen LogP contribution in [0.2, 0.25) is 13.1 Å². The van der Waals surface area contributed by atoms with Gasteiger partial charge >= 0.3 is 14.2 Å². The molecule has 12 nitrogen and oxygen atoms in total. The van der Waals surface area contributed by atoms with Gasteiger partial charge in [-0.2, -0.15) is 0 Å². The molecule has 1 amide bonds. The monoisotopic (exact) mass is 1190 g/mol. The molecule has 0 spiro atoms. The molecule has 1 aliphatic heterocycles. The van der Waals surface area contributed by atoms with Gasteiger partial charge in [-0.05, 0) is 181 Å². The van der Waals surface area contributed by atoms with Crippen molar-refractivity contribution in [1.29, 1.82) is 0 Å². The van der Waals surface area contributed by atoms with Crippen molar-refractivity contribution >= 4 is 94.4 Å². The Morgan fingerprint density at radius 2 is 1.19 bits per heavy atom. The fourth-order valence-corrected chi connectivity index (χ4v) is 15.8. The summed E-state index contributed by atoms with van der Waals surface area (Å²) in [6.45, 7) is 22.7. The van der Waals surface area contributed by atoms with E-state index in [1.165, 1.54) is 38.5 Å². The molecule has 0 aromatic heterocycles. The van der Waals surface area contributed by atoms with Gasteiger partial charge in [0.15, 0.2) is 17.3 Å². The molecular weight excluding hydrogens is 1110 g/mol. The van der Waals surface area contributed by atoms with Gasteiger partial charge in [-0.15, -0.1) is 0 Å². The Morgan fingerprint density at radius 3 is 1.76 bits per heavy atom. The Labute approximate surface area is 521 Å². The summed E-state index contributed by atoms with van der Waals surface area (Å²) in [5.41, 5.74) is 15.0. The van der Waals surface area contributed by atoms with Gasteiger partial charge in [-0.3, -0.25) is 24.2 Å². The second kappa shape index (κ2) is 27.7. The van der Waals surface area contributed by atoms with Crippen LogP contribution in [-0.2, 0) is 35.8 Å². The van der Waals surface area contributed by atoms with Crippen LogP contribution in [0.5, 0.6) is 0 Å². The van der Waals surface area contributed by atoms with Crippen LogP contribution in [0.25, 0.3) is 38.2 Å². The van der Waals surface area contributed by atoms with E-state index < -0.39 is 22.3 Å². The van der Waals surface area contributed by atoms with Crippen molar-refractivity contribution in [3.63, 3.8) is 0 Å². The quantitative estimate of drug-likeness (QED) is 0.00934. The number of allylic oxidation sites excluding steroid dienone is 6. The van der Waals surface area contributed by atoms with Crippen molar-refractivity contribution < 1.29 is 39.1 Å². The summed E-state index contributed by atoms with van der Waals surface area (Å²) in [5.74, 6) is -0.506. The molecule has 0 radical (unpaired) electrons. The van der Waals surface area contributed by atoms with Gasteiger partial charge in [0.25, 0.3) is 0 Å². The van der Waals surface area contributed by atoms with Gasteiger partial charge < -0.3 is 30.3 Å². The molecule has 0 bridgehead atoms. The second-order valence-corrected chi connectivity index (χ2v) is 29.3. The minimum atomic E-state index is -2.18. The largest absolute Gasteiger partial charge is 0.488 e. The first kappa shape index (κ1) is 64.6. The lowest BCUT2D eigenvalue weighted by Crippen LogP contribution is -2.49. The van der Waals surface area contributed by atoms with Crippen molar-refractivity contribution in [2.75, 3.05) is 52.7 Å². The summed E-state index contributed by atoms with van der Waals surface area (Å²) in [6, 6.07) is 43.1. The number of hydrogen-bond acceptors (Lipinski definition) is 10. The highest BCUT2D eigenvalue weighted by Gasteiger charge is 2.40. The van der Waals surface area contributed by atoms with Gasteiger partial charge in [0.1, 0.15) is 22.2 Å². The normalized spacial score (nSPS) is 13.8. The number of rotatable bonds is 25. The maximum Gasteiger partial charge on any atom is 0.488 e. The number of amides is 1. The van der Waals surface area contributed by atoms with E-state index in [1.54, 1.807) is 45.0 Å². The van der Waals surface area contributed by atoms with Crippen molar-refractivity contribution in [3.8, 4) is 11.1 Å². The molecule has 0 saturated heterocycles. The lowest BCUT2D eigenvalue weighted by Gasteiger charge is -2.38. The molecule has 1 aliphatic carbocycles. The Hall–Kier alpha value is -7.85. The SMILES string of the molecule is C=C(C)C(=O)NCCCN(Cc1ccccc1B(O)O)Cc1c2ccc(C(C)=O)cc2c(CN(CCCC(C)C(=O)C(=C)C)Cc2ccccc2B(O)O)c2cc(-c3ccc(C4=C5C=CC(=[N+](C)C)C=C5[Si](C)(C)c5cc(N(C)C)ccc54)cc3)ccc12. The maximum absolute atomic E-state index is 13.6. The number of fused-ring (bicyclic) bond motifs is 4. The summed E-state index contributed by atoms with van der Waals surface area (Å²) >= 11 is 0. The molecule has 0 saturated carbocycles. The minimum absolute atomic E-state index is 0.0293. The summed E-state index contributed by atoms with van der Waals surface area (Å²) in [6.07, 6.45) is 8.81. The zero-order chi connectivity index (χ0) is 63.3. The predicted molar refractivity (Wildman–Crippen MR) is 367 cm³/mol. The number of nitrogens with one attached hydrogen (secondary N) is 1. The highest BCUT2D eigenvalue weighted by molar-refractivity contribution is 6.98. The number of nitrogens with zero attached hydrogens (tertiary/aromatic N) is 4. The fraction of sp³-hybridized carbons (Fsp3) is 0.288. The van der Waals surface area contributed by atoms with E-state index in [1.807, 2.05) is 49.4 Å². The maximum atomic E-state index is 13.6. The lowest BCUT2D eigenvalue weighted by atomic mass is 9.77. The summed E-state index contributed by atoms with van der Waals surface area (Å²) < 4.78 is 2.18. The van der Waals surface area contributed by atoms with Gasteiger partial charge in [0.2, 0.25) is 5.91 Å². The molecule has 5 N–H and O–H groups in total. The molecular formula is C73H84B2N5O7Si+. The highest BCUT2D eigenvalue weighted by atomic mass is 28.3. The third-order valence-electron chi connectivity index (χ3n) is 17.7. The van der Waals surface area contributed by atoms with Crippen LogP contribution in [-0.4, -0.2) is 128 Å². The first-order chi connectivity index (χ1) is 41.9. The molecule has 7 aromatic rings. The zero-order valence-electron chi connectivity index (χ0n) is 52.9. The van der Waals surface area contributed by atoms with Crippen molar-refractivity contribution in [3.05, 3.63) is 220 Å². The number of ketones is 2. The van der Waals surface area contributed by atoms with Gasteiger partial charge in [-0.25, -0.2) is 4.58 Å². The van der Waals surface area contributed by atoms with E-state index in [0.29, 0.717) is 92.7 Å². The topological polar surface area (TPSA) is 157 Å². The van der Waals surface area contributed by atoms with Crippen molar-refractivity contribution in [2.45, 2.75) is 86.2 Å². The van der Waals surface area contributed by atoms with E-state index >= 15 is 0 Å². The van der Waals surface area contributed by atoms with Crippen LogP contribution in [0.1, 0.15) is 90.7 Å². The van der Waals surface area contributed by atoms with Crippen LogP contribution >= 0.6 is 0 Å². The minimum Gasteiger partial charge on any atom is -0.423 e. The third kappa shape index (κ3) is 14.2. The number of carbonyl (C=O) groups excluding carboxylic acids is 3. The van der Waals surface area contributed by atoms with Gasteiger partial charge in [0.05, 0.1) is 0 Å². The van der Waals surface area contributed by atoms with Gasteiger partial charge in [0, 0.05) is 88.3 Å². The van der Waals surface area contributed by atoms with Crippen LogP contribution < -0.4 is 26.3 Å². The van der Waals surface area contributed by atoms with Crippen molar-refractivity contribution in [2.24, 2.45) is 5.92 Å². The molecule has 0 fully saturated rings. The third-order valence-corrected chi connectivity index (χ3v) is 21.2. The molecule has 88 heavy (non-hydrogen) atoms. The summed E-state index contributed by atoms with van der Waals surface area (Å²) in [7, 11) is 2.82. The number of anilines is 1. The molecule has 1 heterocycles. The second-order valence-electron chi connectivity index (χ2n) is 25.0. The Kier molecular flexibility index (Phi) is 20.3. The first-order valence-corrected chi connectivity index (χ1v) is 33.5. The van der Waals surface area contributed by atoms with E-state index in [2.05, 4.69) is 158 Å². The zero-order valence-corrected chi connectivity index (χ0v) is 53.9. The summed E-state index contributed by atoms with van der Waals surface area (Å²) in [4.78, 5) is 46.2. The van der Waals surface area contributed by atoms with Crippen LogP contribution in [0.4, 0.5) is 5.69 Å². The molecule has 1 unspecified atom stereocenters. The fourth-order valence-electron chi connectivity index (χ4n) is 12.7. The van der Waals surface area contributed by atoms with E-state index in [4.69, 9.17) is 0 Å². The predicted octanol–water partition coefficient (Wildman–Crippen LogP) is 9.42. The van der Waals surface area contributed by atoms with Crippen molar-refractivity contribution in [1.82, 2.24) is 15.1 Å². The number of hydrogen-bond donors (Lipinski definition) is 5. The van der Waals surface area contributed by atoms with E-state index in [9.17, 15) is 34.5 Å². The Balaban J connectivity index is 1.24. The molecule has 452 valence electrons. The summed E-state index contributed by atoms with van der Waals surface area (Å²) in [5, 5.41) is 52.2. The van der Waals surface area contributed by atoms with Crippen LogP contribution in [0.15, 0.2) is 181 Å². The average Bonchev–Trinajstić information content (AvgIpc) is 0.757. The molecule has 2 aliphatic rings. The first-order valence-electron chi connectivity index (χ1n) is 30.5. The molecule has 9 rings (SSSR count). The average molecular weight is 1190 g/mol. The number of benzene rings is 7. The lowest BCUT2D eigenvalue weighted by molar-refractivity contribution is -0.462. The van der Waals surface area contributed by atoms with E-state index in [0.717, 1.165) is 60.5 Å². The standard InChI is InChI=1S/C73H83B2N5O7Si/c1-47(2)72(82)49(5)19-17-37-79(43-55-20-13-15-22-67(55)74(84)85)46-66-63-39-53(50(6)81)28-32-59(63)65(45-80(38-18-36-76-73(83)48(3)4)44-56-21-14-16-23-68(56)75(86)87)60-33-29-54(40-64(60)66)51-24-26-52(27-25-51)71-61-34-30-57(77(7)8)41-69(61)88(11,12)70-42-58(78(9)10)31-35-62(70)71/h13-16,20-35,39-42,49,84-87H,1,3,17-19,36-38,43-46H2,2,4-12H3/p+1. The molecule has 7 aromatic carbocycles. The smallest absolute Gasteiger partial charge is 0.423 e. The Morgan fingerprint density at radius 1 is 0.636 bits per heavy atom. The number of Topliss-reactive ketones (excluding diaryl/α,β-unsaturated/α-hetero) is 2. The molecule has 1 atom stereocenters. The van der Waals surface area contributed by atoms with Gasteiger partial charge in [-0.1, -0.05) is 136 Å². The highest BCUT2D eigenvalue weighted by Crippen LogP contribution is 2.43. The van der Waals surface area contributed by atoms with E-state index in [-0.39, 0.29) is 23.4 Å².